The fraction of sp³-hybridized carbons (Fsp3) is 1.00. The SMILES string of the molecule is CC(C)CCCNCCOCCC(C)(C)C. The van der Waals surface area contributed by atoms with Crippen molar-refractivity contribution in [2.75, 3.05) is 26.3 Å². The van der Waals surface area contributed by atoms with Crippen molar-refractivity contribution in [1.29, 1.82) is 0 Å². The topological polar surface area (TPSA) is 21.3 Å². The molecule has 1 N–H and O–H groups in total. The van der Waals surface area contributed by atoms with E-state index in [4.69, 9.17) is 4.74 Å². The van der Waals surface area contributed by atoms with E-state index < -0.39 is 0 Å². The standard InChI is InChI=1S/C14H31NO/c1-13(2)7-6-9-15-10-12-16-11-8-14(3,4)5/h13,15H,6-12H2,1-5H3. The van der Waals surface area contributed by atoms with Crippen LogP contribution in [0, 0.1) is 11.3 Å². The van der Waals surface area contributed by atoms with Crippen molar-refractivity contribution < 1.29 is 4.74 Å². The van der Waals surface area contributed by atoms with Gasteiger partial charge in [0.2, 0.25) is 0 Å². The first-order chi connectivity index (χ1) is 7.42. The Kier molecular flexibility index (Phi) is 8.96. The second-order valence-corrected chi connectivity index (χ2v) is 6.21. The van der Waals surface area contributed by atoms with Crippen molar-refractivity contribution >= 4 is 0 Å². The predicted molar refractivity (Wildman–Crippen MR) is 71.8 cm³/mol. The molecule has 2 nitrogen and oxygen atoms in total. The monoisotopic (exact) mass is 229 g/mol. The van der Waals surface area contributed by atoms with Crippen LogP contribution in [0.1, 0.15) is 53.9 Å². The fourth-order valence-electron chi connectivity index (χ4n) is 1.39. The Hall–Kier alpha value is -0.0800. The zero-order valence-electron chi connectivity index (χ0n) is 11.9. The van der Waals surface area contributed by atoms with Crippen molar-refractivity contribution in [2.45, 2.75) is 53.9 Å². The molecule has 0 fully saturated rings. The normalized spacial score (nSPS) is 12.4. The summed E-state index contributed by atoms with van der Waals surface area (Å²) in [5.74, 6) is 0.824. The van der Waals surface area contributed by atoms with Gasteiger partial charge in [-0.1, -0.05) is 34.6 Å². The van der Waals surface area contributed by atoms with E-state index in [1.807, 2.05) is 0 Å². The molecule has 0 atom stereocenters. The summed E-state index contributed by atoms with van der Waals surface area (Å²) in [7, 11) is 0. The van der Waals surface area contributed by atoms with Crippen LogP contribution in [0.5, 0.6) is 0 Å². The molecule has 0 aromatic carbocycles. The first-order valence-corrected chi connectivity index (χ1v) is 6.70. The lowest BCUT2D eigenvalue weighted by Crippen LogP contribution is -2.22. The maximum absolute atomic E-state index is 5.57. The van der Waals surface area contributed by atoms with E-state index in [-0.39, 0.29) is 0 Å². The van der Waals surface area contributed by atoms with Gasteiger partial charge in [0.25, 0.3) is 0 Å². The quantitative estimate of drug-likeness (QED) is 0.611. The van der Waals surface area contributed by atoms with Crippen LogP contribution in [-0.2, 0) is 4.74 Å². The van der Waals surface area contributed by atoms with E-state index in [0.29, 0.717) is 5.41 Å². The first-order valence-electron chi connectivity index (χ1n) is 6.70. The average Bonchev–Trinajstić information content (AvgIpc) is 2.13. The highest BCUT2D eigenvalue weighted by atomic mass is 16.5. The third-order valence-electron chi connectivity index (χ3n) is 2.55. The second-order valence-electron chi connectivity index (χ2n) is 6.21. The maximum atomic E-state index is 5.57. The summed E-state index contributed by atoms with van der Waals surface area (Å²) in [4.78, 5) is 0. The van der Waals surface area contributed by atoms with Crippen LogP contribution in [0.2, 0.25) is 0 Å². The van der Waals surface area contributed by atoms with Gasteiger partial charge in [-0.3, -0.25) is 0 Å². The lowest BCUT2D eigenvalue weighted by Gasteiger charge is -2.17. The number of rotatable bonds is 9. The first kappa shape index (κ1) is 15.9. The third kappa shape index (κ3) is 13.9. The highest BCUT2D eigenvalue weighted by Gasteiger charge is 2.08. The van der Waals surface area contributed by atoms with Crippen LogP contribution >= 0.6 is 0 Å². The molecule has 0 heterocycles. The molecule has 0 saturated heterocycles. The molecule has 0 spiro atoms. The van der Waals surface area contributed by atoms with E-state index in [2.05, 4.69) is 39.9 Å². The van der Waals surface area contributed by atoms with Gasteiger partial charge in [-0.15, -0.1) is 0 Å². The molecule has 98 valence electrons. The predicted octanol–water partition coefficient (Wildman–Crippen LogP) is 3.47. The van der Waals surface area contributed by atoms with Crippen molar-refractivity contribution in [3.05, 3.63) is 0 Å². The molecule has 0 aliphatic heterocycles. The number of hydrogen-bond donors (Lipinski definition) is 1. The molecule has 0 rings (SSSR count). The Balaban J connectivity index is 3.05. The third-order valence-corrected chi connectivity index (χ3v) is 2.55. The van der Waals surface area contributed by atoms with Gasteiger partial charge < -0.3 is 10.1 Å². The molecule has 0 aliphatic rings. The van der Waals surface area contributed by atoms with Crippen molar-refractivity contribution in [2.24, 2.45) is 11.3 Å². The van der Waals surface area contributed by atoms with Crippen LogP contribution in [0.3, 0.4) is 0 Å². The van der Waals surface area contributed by atoms with E-state index in [9.17, 15) is 0 Å². The molecule has 0 aromatic rings. The van der Waals surface area contributed by atoms with Crippen LogP contribution in [0.25, 0.3) is 0 Å². The molecular formula is C14H31NO. The Morgan fingerprint density at radius 1 is 1.06 bits per heavy atom. The maximum Gasteiger partial charge on any atom is 0.0590 e. The van der Waals surface area contributed by atoms with Gasteiger partial charge in [0.15, 0.2) is 0 Å². The largest absolute Gasteiger partial charge is 0.380 e. The Morgan fingerprint density at radius 3 is 2.31 bits per heavy atom. The second kappa shape index (κ2) is 9.00. The molecule has 0 saturated carbocycles. The van der Waals surface area contributed by atoms with Crippen LogP contribution in [0.15, 0.2) is 0 Å². The minimum absolute atomic E-state index is 0.394. The van der Waals surface area contributed by atoms with E-state index in [1.165, 1.54) is 12.8 Å². The number of nitrogens with one attached hydrogen (secondary N) is 1. The Labute approximate surface area is 102 Å². The highest BCUT2D eigenvalue weighted by Crippen LogP contribution is 2.17. The average molecular weight is 229 g/mol. The molecule has 0 unspecified atom stereocenters. The smallest absolute Gasteiger partial charge is 0.0590 e. The van der Waals surface area contributed by atoms with Gasteiger partial charge in [-0.2, -0.15) is 0 Å². The van der Waals surface area contributed by atoms with Gasteiger partial charge in [-0.25, -0.2) is 0 Å². The number of hydrogen-bond acceptors (Lipinski definition) is 2. The molecule has 2 heteroatoms. The Morgan fingerprint density at radius 2 is 1.75 bits per heavy atom. The fourth-order valence-corrected chi connectivity index (χ4v) is 1.39. The van der Waals surface area contributed by atoms with Gasteiger partial charge in [0, 0.05) is 13.2 Å². The minimum atomic E-state index is 0.394. The lowest BCUT2D eigenvalue weighted by molar-refractivity contribution is 0.110. The Bertz CT molecular complexity index is 149. The summed E-state index contributed by atoms with van der Waals surface area (Å²) >= 11 is 0. The summed E-state index contributed by atoms with van der Waals surface area (Å²) < 4.78 is 5.57. The van der Waals surface area contributed by atoms with Crippen molar-refractivity contribution in [3.8, 4) is 0 Å². The molecular weight excluding hydrogens is 198 g/mol. The minimum Gasteiger partial charge on any atom is -0.380 e. The molecule has 0 aromatic heterocycles. The summed E-state index contributed by atoms with van der Waals surface area (Å²) in [5, 5.41) is 3.41. The van der Waals surface area contributed by atoms with E-state index in [1.54, 1.807) is 0 Å². The zero-order valence-corrected chi connectivity index (χ0v) is 11.9. The van der Waals surface area contributed by atoms with Crippen LogP contribution < -0.4 is 5.32 Å². The molecule has 16 heavy (non-hydrogen) atoms. The molecule has 0 amide bonds. The summed E-state index contributed by atoms with van der Waals surface area (Å²) in [5.41, 5.74) is 0.394. The van der Waals surface area contributed by atoms with Crippen molar-refractivity contribution in [1.82, 2.24) is 5.32 Å². The summed E-state index contributed by atoms with van der Waals surface area (Å²) in [6.45, 7) is 15.1. The van der Waals surface area contributed by atoms with Gasteiger partial charge in [0.05, 0.1) is 6.61 Å². The lowest BCUT2D eigenvalue weighted by atomic mass is 9.93. The van der Waals surface area contributed by atoms with Crippen LogP contribution in [-0.4, -0.2) is 26.3 Å². The van der Waals surface area contributed by atoms with E-state index >= 15 is 0 Å². The number of ether oxygens (including phenoxy) is 1. The summed E-state index contributed by atoms with van der Waals surface area (Å²) in [6, 6.07) is 0. The van der Waals surface area contributed by atoms with Crippen molar-refractivity contribution in [3.63, 3.8) is 0 Å². The van der Waals surface area contributed by atoms with E-state index in [0.717, 1.165) is 38.6 Å². The van der Waals surface area contributed by atoms with Gasteiger partial charge in [0.1, 0.15) is 0 Å². The highest BCUT2D eigenvalue weighted by molar-refractivity contribution is 4.60. The molecule has 0 radical (unpaired) electrons. The van der Waals surface area contributed by atoms with Gasteiger partial charge >= 0.3 is 0 Å². The zero-order chi connectivity index (χ0) is 12.4. The summed E-state index contributed by atoms with van der Waals surface area (Å²) in [6.07, 6.45) is 3.73. The van der Waals surface area contributed by atoms with Gasteiger partial charge in [-0.05, 0) is 37.1 Å². The van der Waals surface area contributed by atoms with Crippen LogP contribution in [0.4, 0.5) is 0 Å². The molecule has 0 bridgehead atoms. The molecule has 0 aliphatic carbocycles.